The molecule has 1 amide bonds. The summed E-state index contributed by atoms with van der Waals surface area (Å²) in [5.41, 5.74) is -1.29. The summed E-state index contributed by atoms with van der Waals surface area (Å²) in [6.45, 7) is 1.62. The molecule has 1 heterocycles. The van der Waals surface area contributed by atoms with E-state index in [1.807, 2.05) is 0 Å². The quantitative estimate of drug-likeness (QED) is 0.891. The van der Waals surface area contributed by atoms with E-state index in [9.17, 15) is 14.3 Å². The van der Waals surface area contributed by atoms with E-state index in [4.69, 9.17) is 4.42 Å². The SMILES string of the molecule is CC(O)(CNC(=O)C1(c2cccc(F)c2)CCC1)c1ccco1. The van der Waals surface area contributed by atoms with E-state index in [1.165, 1.54) is 18.4 Å². The van der Waals surface area contributed by atoms with Crippen LogP contribution in [0.2, 0.25) is 0 Å². The maximum Gasteiger partial charge on any atom is 0.230 e. The number of furan rings is 1. The Balaban J connectivity index is 1.74. The Hall–Kier alpha value is -2.14. The van der Waals surface area contributed by atoms with Crippen LogP contribution in [0.4, 0.5) is 4.39 Å². The number of hydrogen-bond donors (Lipinski definition) is 2. The van der Waals surface area contributed by atoms with Gasteiger partial charge in [0.05, 0.1) is 18.2 Å². The average molecular weight is 317 g/mol. The van der Waals surface area contributed by atoms with Crippen LogP contribution in [-0.2, 0) is 15.8 Å². The zero-order chi connectivity index (χ0) is 16.5. The highest BCUT2D eigenvalue weighted by atomic mass is 19.1. The second-order valence-electron chi connectivity index (χ2n) is 6.38. The Morgan fingerprint density at radius 2 is 2.17 bits per heavy atom. The van der Waals surface area contributed by atoms with Crippen molar-refractivity contribution in [3.05, 3.63) is 59.8 Å². The minimum Gasteiger partial charge on any atom is -0.466 e. The first kappa shape index (κ1) is 15.7. The van der Waals surface area contributed by atoms with Gasteiger partial charge in [0.1, 0.15) is 17.2 Å². The topological polar surface area (TPSA) is 62.5 Å². The van der Waals surface area contributed by atoms with Crippen molar-refractivity contribution in [1.82, 2.24) is 5.32 Å². The fourth-order valence-corrected chi connectivity index (χ4v) is 3.06. The minimum absolute atomic E-state index is 0.0381. The molecule has 122 valence electrons. The molecule has 0 spiro atoms. The molecule has 0 bridgehead atoms. The highest BCUT2D eigenvalue weighted by molar-refractivity contribution is 5.89. The predicted octanol–water partition coefficient (Wildman–Crippen LogP) is 2.86. The summed E-state index contributed by atoms with van der Waals surface area (Å²) in [4.78, 5) is 12.7. The van der Waals surface area contributed by atoms with Crippen LogP contribution >= 0.6 is 0 Å². The zero-order valence-electron chi connectivity index (χ0n) is 13.0. The van der Waals surface area contributed by atoms with Crippen molar-refractivity contribution in [2.45, 2.75) is 37.2 Å². The first-order valence-corrected chi connectivity index (χ1v) is 7.75. The highest BCUT2D eigenvalue weighted by Crippen LogP contribution is 2.44. The van der Waals surface area contributed by atoms with Gasteiger partial charge in [-0.15, -0.1) is 0 Å². The Bertz CT molecular complexity index is 690. The summed E-state index contributed by atoms with van der Waals surface area (Å²) in [6, 6.07) is 9.55. The summed E-state index contributed by atoms with van der Waals surface area (Å²) in [6.07, 6.45) is 3.78. The number of carbonyl (C=O) groups excluding carboxylic acids is 1. The molecule has 1 aliphatic rings. The first-order chi connectivity index (χ1) is 10.9. The lowest BCUT2D eigenvalue weighted by Crippen LogP contribution is -2.52. The minimum atomic E-state index is -1.29. The molecule has 1 fully saturated rings. The Kier molecular flexibility index (Phi) is 3.98. The summed E-state index contributed by atoms with van der Waals surface area (Å²) >= 11 is 0. The second-order valence-corrected chi connectivity index (χ2v) is 6.38. The molecule has 3 rings (SSSR count). The van der Waals surface area contributed by atoms with Gasteiger partial charge in [-0.2, -0.15) is 0 Å². The van der Waals surface area contributed by atoms with Gasteiger partial charge < -0.3 is 14.8 Å². The highest BCUT2D eigenvalue weighted by Gasteiger charge is 2.46. The fourth-order valence-electron chi connectivity index (χ4n) is 3.06. The molecule has 23 heavy (non-hydrogen) atoms. The number of rotatable bonds is 5. The van der Waals surface area contributed by atoms with E-state index in [-0.39, 0.29) is 18.3 Å². The van der Waals surface area contributed by atoms with Crippen molar-refractivity contribution in [3.8, 4) is 0 Å². The molecule has 0 aliphatic heterocycles. The molecule has 1 aromatic heterocycles. The molecule has 0 radical (unpaired) electrons. The lowest BCUT2D eigenvalue weighted by molar-refractivity contribution is -0.131. The molecule has 1 aromatic carbocycles. The van der Waals surface area contributed by atoms with Gasteiger partial charge in [0.25, 0.3) is 0 Å². The molecule has 1 saturated carbocycles. The monoisotopic (exact) mass is 317 g/mol. The van der Waals surface area contributed by atoms with E-state index >= 15 is 0 Å². The molecule has 1 atom stereocenters. The maximum absolute atomic E-state index is 13.5. The van der Waals surface area contributed by atoms with Gasteiger partial charge in [0.15, 0.2) is 0 Å². The van der Waals surface area contributed by atoms with Crippen LogP contribution in [0.25, 0.3) is 0 Å². The zero-order valence-corrected chi connectivity index (χ0v) is 13.0. The summed E-state index contributed by atoms with van der Waals surface area (Å²) in [5.74, 6) is -0.128. The van der Waals surface area contributed by atoms with Gasteiger partial charge in [0.2, 0.25) is 5.91 Å². The molecule has 2 aromatic rings. The van der Waals surface area contributed by atoms with Gasteiger partial charge in [-0.05, 0) is 49.6 Å². The van der Waals surface area contributed by atoms with E-state index in [0.29, 0.717) is 24.2 Å². The molecule has 0 saturated heterocycles. The number of carbonyl (C=O) groups is 1. The number of benzene rings is 1. The average Bonchev–Trinajstić information content (AvgIpc) is 2.99. The van der Waals surface area contributed by atoms with Gasteiger partial charge >= 0.3 is 0 Å². The number of aliphatic hydroxyl groups is 1. The van der Waals surface area contributed by atoms with Crippen LogP contribution in [0.15, 0.2) is 47.1 Å². The number of hydrogen-bond acceptors (Lipinski definition) is 3. The van der Waals surface area contributed by atoms with Gasteiger partial charge in [-0.25, -0.2) is 4.39 Å². The Morgan fingerprint density at radius 3 is 2.74 bits per heavy atom. The molecule has 1 aliphatic carbocycles. The van der Waals surface area contributed by atoms with Crippen LogP contribution < -0.4 is 5.32 Å². The standard InChI is InChI=1S/C18H20FNO3/c1-17(22,15-7-3-10-23-15)12-20-16(21)18(8-4-9-18)13-5-2-6-14(19)11-13/h2-3,5-7,10-11,22H,4,8-9,12H2,1H3,(H,20,21). The third kappa shape index (κ3) is 2.88. The van der Waals surface area contributed by atoms with Crippen LogP contribution in [0.1, 0.15) is 37.5 Å². The van der Waals surface area contributed by atoms with Crippen molar-refractivity contribution in [2.75, 3.05) is 6.54 Å². The summed E-state index contributed by atoms with van der Waals surface area (Å²) in [7, 11) is 0. The van der Waals surface area contributed by atoms with Crippen LogP contribution in [0.5, 0.6) is 0 Å². The molecular weight excluding hydrogens is 297 g/mol. The lowest BCUT2D eigenvalue weighted by Gasteiger charge is -2.41. The Morgan fingerprint density at radius 1 is 1.39 bits per heavy atom. The smallest absolute Gasteiger partial charge is 0.230 e. The summed E-state index contributed by atoms with van der Waals surface area (Å²) < 4.78 is 18.7. The Labute approximate surface area is 134 Å². The van der Waals surface area contributed by atoms with E-state index in [2.05, 4.69) is 5.32 Å². The second kappa shape index (κ2) is 5.81. The maximum atomic E-state index is 13.5. The van der Waals surface area contributed by atoms with E-state index < -0.39 is 11.0 Å². The molecule has 5 heteroatoms. The third-order valence-electron chi connectivity index (χ3n) is 4.66. The normalized spacial score (nSPS) is 18.7. The van der Waals surface area contributed by atoms with Gasteiger partial charge in [-0.3, -0.25) is 4.79 Å². The van der Waals surface area contributed by atoms with Crippen molar-refractivity contribution in [2.24, 2.45) is 0 Å². The molecule has 1 unspecified atom stereocenters. The largest absolute Gasteiger partial charge is 0.466 e. The van der Waals surface area contributed by atoms with Crippen LogP contribution in [-0.4, -0.2) is 17.6 Å². The van der Waals surface area contributed by atoms with Crippen LogP contribution in [0, 0.1) is 5.82 Å². The molecule has 4 nitrogen and oxygen atoms in total. The number of nitrogens with one attached hydrogen (secondary N) is 1. The molecular formula is C18H20FNO3. The van der Waals surface area contributed by atoms with E-state index in [1.54, 1.807) is 31.2 Å². The first-order valence-electron chi connectivity index (χ1n) is 7.75. The van der Waals surface area contributed by atoms with Crippen molar-refractivity contribution >= 4 is 5.91 Å². The predicted molar refractivity (Wildman–Crippen MR) is 83.2 cm³/mol. The van der Waals surface area contributed by atoms with Crippen molar-refractivity contribution in [3.63, 3.8) is 0 Å². The third-order valence-corrected chi connectivity index (χ3v) is 4.66. The number of amides is 1. The van der Waals surface area contributed by atoms with E-state index in [0.717, 1.165) is 6.42 Å². The van der Waals surface area contributed by atoms with Gasteiger partial charge in [-0.1, -0.05) is 18.6 Å². The van der Waals surface area contributed by atoms with Gasteiger partial charge in [0, 0.05) is 0 Å². The lowest BCUT2D eigenvalue weighted by atomic mass is 9.63. The number of halogens is 1. The van der Waals surface area contributed by atoms with Crippen LogP contribution in [0.3, 0.4) is 0 Å². The molecule has 2 N–H and O–H groups in total. The van der Waals surface area contributed by atoms with Crippen molar-refractivity contribution < 1.29 is 18.7 Å². The fraction of sp³-hybridized carbons (Fsp3) is 0.389. The van der Waals surface area contributed by atoms with Crippen molar-refractivity contribution in [1.29, 1.82) is 0 Å². The summed E-state index contributed by atoms with van der Waals surface area (Å²) in [5, 5.41) is 13.2.